The van der Waals surface area contributed by atoms with Gasteiger partial charge in [0.1, 0.15) is 11.1 Å². The number of thiazole rings is 1. The third-order valence-corrected chi connectivity index (χ3v) is 5.72. The Morgan fingerprint density at radius 1 is 1.23 bits per heavy atom. The number of hydrogen-bond acceptors (Lipinski definition) is 4. The van der Waals surface area contributed by atoms with E-state index in [0.29, 0.717) is 0 Å². The van der Waals surface area contributed by atoms with Crippen LogP contribution in [-0.2, 0) is 9.53 Å². The van der Waals surface area contributed by atoms with E-state index in [4.69, 9.17) is 9.72 Å². The fraction of sp³-hybridized carbons (Fsp3) is 0.529. The van der Waals surface area contributed by atoms with Crippen molar-refractivity contribution < 1.29 is 9.53 Å². The van der Waals surface area contributed by atoms with Gasteiger partial charge in [0.2, 0.25) is 0 Å². The summed E-state index contributed by atoms with van der Waals surface area (Å²) in [5, 5.41) is 1.08. The van der Waals surface area contributed by atoms with E-state index in [1.165, 1.54) is 4.70 Å². The molecule has 2 saturated heterocycles. The van der Waals surface area contributed by atoms with Gasteiger partial charge < -0.3 is 9.64 Å². The predicted octanol–water partition coefficient (Wildman–Crippen LogP) is 3.53. The van der Waals surface area contributed by atoms with E-state index in [9.17, 15) is 4.79 Å². The van der Waals surface area contributed by atoms with Crippen LogP contribution in [0.15, 0.2) is 24.3 Å². The summed E-state index contributed by atoms with van der Waals surface area (Å²) in [6.45, 7) is 1.55. The average molecular weight is 316 g/mol. The Hall–Kier alpha value is -1.46. The van der Waals surface area contributed by atoms with Crippen molar-refractivity contribution in [3.05, 3.63) is 29.3 Å². The summed E-state index contributed by atoms with van der Waals surface area (Å²) in [6.07, 6.45) is 4.89. The molecule has 0 spiro atoms. The van der Waals surface area contributed by atoms with Crippen LogP contribution in [0.25, 0.3) is 10.2 Å². The molecule has 2 aliphatic heterocycles. The monoisotopic (exact) mass is 316 g/mol. The lowest BCUT2D eigenvalue weighted by atomic mass is 10.0. The second kappa shape index (κ2) is 5.97. The van der Waals surface area contributed by atoms with Gasteiger partial charge in [0.25, 0.3) is 5.91 Å². The zero-order chi connectivity index (χ0) is 14.9. The minimum atomic E-state index is -0.227. The van der Waals surface area contributed by atoms with E-state index in [2.05, 4.69) is 6.07 Å². The van der Waals surface area contributed by atoms with E-state index in [-0.39, 0.29) is 18.1 Å². The fourth-order valence-corrected chi connectivity index (χ4v) is 4.56. The molecule has 2 unspecified atom stereocenters. The molecule has 2 aliphatic rings. The van der Waals surface area contributed by atoms with Crippen LogP contribution in [-0.4, -0.2) is 35.0 Å². The molecule has 0 N–H and O–H groups in total. The zero-order valence-electron chi connectivity index (χ0n) is 12.5. The Morgan fingerprint density at radius 2 is 2.14 bits per heavy atom. The lowest BCUT2D eigenvalue weighted by Gasteiger charge is -2.35. The minimum Gasteiger partial charge on any atom is -0.368 e. The third-order valence-electron chi connectivity index (χ3n) is 4.59. The minimum absolute atomic E-state index is 0.128. The Labute approximate surface area is 134 Å². The molecule has 0 radical (unpaired) electrons. The number of likely N-dealkylation sites (tertiary alicyclic amines) is 1. The number of fused-ring (bicyclic) bond motifs is 1. The van der Waals surface area contributed by atoms with Gasteiger partial charge in [-0.3, -0.25) is 4.79 Å². The standard InChI is InChI=1S/C17H20N2O2S/c20-17(14-8-5-11-21-14)19-10-4-3-7-13(19)16-18-12-6-1-2-9-15(12)22-16/h1-2,6,9,13-14H,3-5,7-8,10-11H2. The Kier molecular flexibility index (Phi) is 3.84. The summed E-state index contributed by atoms with van der Waals surface area (Å²) in [4.78, 5) is 19.6. The van der Waals surface area contributed by atoms with Gasteiger partial charge in [0, 0.05) is 13.2 Å². The van der Waals surface area contributed by atoms with E-state index in [1.54, 1.807) is 11.3 Å². The van der Waals surface area contributed by atoms with Gasteiger partial charge >= 0.3 is 0 Å². The maximum Gasteiger partial charge on any atom is 0.252 e. The van der Waals surface area contributed by atoms with Crippen molar-refractivity contribution in [3.63, 3.8) is 0 Å². The molecule has 2 atom stereocenters. The number of para-hydroxylation sites is 1. The number of nitrogens with zero attached hydrogens (tertiary/aromatic N) is 2. The molecule has 116 valence electrons. The van der Waals surface area contributed by atoms with Gasteiger partial charge in [0.05, 0.1) is 16.3 Å². The zero-order valence-corrected chi connectivity index (χ0v) is 13.3. The number of piperidine rings is 1. The number of ether oxygens (including phenoxy) is 1. The second-order valence-corrected chi connectivity index (χ2v) is 7.13. The molecule has 2 fully saturated rings. The van der Waals surface area contributed by atoms with Crippen LogP contribution in [0.5, 0.6) is 0 Å². The predicted molar refractivity (Wildman–Crippen MR) is 86.9 cm³/mol. The van der Waals surface area contributed by atoms with Crippen molar-refractivity contribution in [3.8, 4) is 0 Å². The van der Waals surface area contributed by atoms with Gasteiger partial charge in [-0.25, -0.2) is 4.98 Å². The largest absolute Gasteiger partial charge is 0.368 e. The maximum atomic E-state index is 12.8. The highest BCUT2D eigenvalue weighted by atomic mass is 32.1. The van der Waals surface area contributed by atoms with Crippen molar-refractivity contribution in [2.24, 2.45) is 0 Å². The molecule has 5 heteroatoms. The molecule has 1 amide bonds. The number of carbonyl (C=O) groups excluding carboxylic acids is 1. The van der Waals surface area contributed by atoms with Crippen molar-refractivity contribution in [1.29, 1.82) is 0 Å². The van der Waals surface area contributed by atoms with Crippen LogP contribution in [0, 0.1) is 0 Å². The quantitative estimate of drug-likeness (QED) is 0.851. The molecule has 0 aliphatic carbocycles. The van der Waals surface area contributed by atoms with Gasteiger partial charge in [-0.15, -0.1) is 11.3 Å². The average Bonchev–Trinajstić information content (AvgIpc) is 3.23. The van der Waals surface area contributed by atoms with Gasteiger partial charge in [-0.05, 0) is 44.2 Å². The SMILES string of the molecule is O=C(C1CCCO1)N1CCCCC1c1nc2ccccc2s1. The Bertz CT molecular complexity index is 645. The fourth-order valence-electron chi connectivity index (χ4n) is 3.44. The first kappa shape index (κ1) is 14.2. The third kappa shape index (κ3) is 2.52. The first-order valence-electron chi connectivity index (χ1n) is 8.10. The van der Waals surface area contributed by atoms with E-state index in [1.807, 2.05) is 23.1 Å². The molecule has 1 aromatic heterocycles. The highest BCUT2D eigenvalue weighted by Crippen LogP contribution is 2.36. The van der Waals surface area contributed by atoms with Crippen molar-refractivity contribution in [2.45, 2.75) is 44.2 Å². The second-order valence-electron chi connectivity index (χ2n) is 6.06. The number of benzene rings is 1. The molecule has 0 bridgehead atoms. The van der Waals surface area contributed by atoms with E-state index < -0.39 is 0 Å². The lowest BCUT2D eigenvalue weighted by molar-refractivity contribution is -0.145. The molecule has 1 aromatic carbocycles. The summed E-state index contributed by atoms with van der Waals surface area (Å²) in [7, 11) is 0. The van der Waals surface area contributed by atoms with Crippen LogP contribution < -0.4 is 0 Å². The summed E-state index contributed by atoms with van der Waals surface area (Å²) in [5.41, 5.74) is 1.04. The molecule has 4 nitrogen and oxygen atoms in total. The Morgan fingerprint density at radius 3 is 2.95 bits per heavy atom. The van der Waals surface area contributed by atoms with Crippen LogP contribution in [0.1, 0.15) is 43.2 Å². The van der Waals surface area contributed by atoms with Crippen molar-refractivity contribution >= 4 is 27.5 Å². The number of aromatic nitrogens is 1. The molecule has 4 rings (SSSR count). The smallest absolute Gasteiger partial charge is 0.252 e. The molecule has 3 heterocycles. The first-order valence-corrected chi connectivity index (χ1v) is 8.92. The number of rotatable bonds is 2. The van der Waals surface area contributed by atoms with Crippen LogP contribution in [0.4, 0.5) is 0 Å². The maximum absolute atomic E-state index is 12.8. The number of hydrogen-bond donors (Lipinski definition) is 0. The van der Waals surface area contributed by atoms with Gasteiger partial charge in [-0.2, -0.15) is 0 Å². The van der Waals surface area contributed by atoms with Crippen molar-refractivity contribution in [1.82, 2.24) is 9.88 Å². The molecule has 22 heavy (non-hydrogen) atoms. The molecule has 2 aromatic rings. The van der Waals surface area contributed by atoms with Crippen molar-refractivity contribution in [2.75, 3.05) is 13.2 Å². The Balaban J connectivity index is 1.63. The summed E-state index contributed by atoms with van der Waals surface area (Å²) >= 11 is 1.72. The van der Waals surface area contributed by atoms with E-state index in [0.717, 1.165) is 55.8 Å². The molecule has 0 saturated carbocycles. The van der Waals surface area contributed by atoms with Gasteiger partial charge in [0.15, 0.2) is 0 Å². The topological polar surface area (TPSA) is 42.4 Å². The van der Waals surface area contributed by atoms with Crippen LogP contribution in [0.2, 0.25) is 0 Å². The summed E-state index contributed by atoms with van der Waals surface area (Å²) in [5.74, 6) is 0.168. The normalized spacial score (nSPS) is 25.7. The lowest BCUT2D eigenvalue weighted by Crippen LogP contribution is -2.43. The summed E-state index contributed by atoms with van der Waals surface area (Å²) in [6, 6.07) is 8.33. The van der Waals surface area contributed by atoms with Crippen LogP contribution in [0.3, 0.4) is 0 Å². The van der Waals surface area contributed by atoms with E-state index >= 15 is 0 Å². The number of amides is 1. The first-order chi connectivity index (χ1) is 10.8. The van der Waals surface area contributed by atoms with Crippen LogP contribution >= 0.6 is 11.3 Å². The number of carbonyl (C=O) groups is 1. The highest BCUT2D eigenvalue weighted by Gasteiger charge is 2.35. The van der Waals surface area contributed by atoms with Gasteiger partial charge in [-0.1, -0.05) is 12.1 Å². The highest BCUT2D eigenvalue weighted by molar-refractivity contribution is 7.18. The molecular weight excluding hydrogens is 296 g/mol. The molecular formula is C17H20N2O2S. The summed E-state index contributed by atoms with van der Waals surface area (Å²) < 4.78 is 6.80.